The van der Waals surface area contributed by atoms with E-state index in [1.54, 1.807) is 0 Å². The lowest BCUT2D eigenvalue weighted by molar-refractivity contribution is 0.448. The first-order chi connectivity index (χ1) is 7.99. The van der Waals surface area contributed by atoms with Crippen LogP contribution in [0.4, 0.5) is 13.2 Å². The first kappa shape index (κ1) is 12.3. The molecule has 0 unspecified atom stereocenters. The van der Waals surface area contributed by atoms with Crippen LogP contribution in [0.2, 0.25) is 10.0 Å². The van der Waals surface area contributed by atoms with Crippen LogP contribution in [0.15, 0.2) is 30.3 Å². The van der Waals surface area contributed by atoms with Crippen molar-refractivity contribution in [1.82, 2.24) is 0 Å². The highest BCUT2D eigenvalue weighted by Crippen LogP contribution is 2.31. The monoisotopic (exact) mass is 276 g/mol. The molecule has 0 radical (unpaired) electrons. The molecule has 0 bridgehead atoms. The Kier molecular flexibility index (Phi) is 3.31. The van der Waals surface area contributed by atoms with Gasteiger partial charge in [0.2, 0.25) is 0 Å². The molecule has 2 aromatic rings. The van der Waals surface area contributed by atoms with E-state index in [1.165, 1.54) is 18.2 Å². The molecule has 0 fully saturated rings. The summed E-state index contributed by atoms with van der Waals surface area (Å²) in [5, 5.41) is 0.643. The van der Waals surface area contributed by atoms with E-state index in [2.05, 4.69) is 0 Å². The van der Waals surface area contributed by atoms with Crippen molar-refractivity contribution in [3.8, 4) is 11.1 Å². The van der Waals surface area contributed by atoms with Gasteiger partial charge in [0.1, 0.15) is 0 Å². The van der Waals surface area contributed by atoms with Gasteiger partial charge in [0.05, 0.1) is 0 Å². The third kappa shape index (κ3) is 2.40. The van der Waals surface area contributed by atoms with Crippen molar-refractivity contribution >= 4 is 23.2 Å². The van der Waals surface area contributed by atoms with Gasteiger partial charge in [0.15, 0.2) is 17.5 Å². The van der Waals surface area contributed by atoms with Crippen molar-refractivity contribution in [2.24, 2.45) is 0 Å². The topological polar surface area (TPSA) is 0 Å². The van der Waals surface area contributed by atoms with E-state index in [4.69, 9.17) is 23.2 Å². The number of hydrogen-bond acceptors (Lipinski definition) is 0. The molecule has 0 aromatic heterocycles. The van der Waals surface area contributed by atoms with E-state index in [0.717, 1.165) is 12.1 Å². The summed E-state index contributed by atoms with van der Waals surface area (Å²) in [5.74, 6) is -4.02. The fourth-order valence-electron chi connectivity index (χ4n) is 1.43. The van der Waals surface area contributed by atoms with E-state index < -0.39 is 17.5 Å². The Balaban J connectivity index is 2.61. The minimum absolute atomic E-state index is 0.156. The molecule has 0 heterocycles. The average molecular weight is 277 g/mol. The van der Waals surface area contributed by atoms with Crippen molar-refractivity contribution in [1.29, 1.82) is 0 Å². The first-order valence-electron chi connectivity index (χ1n) is 4.59. The molecule has 2 rings (SSSR count). The molecule has 2 aromatic carbocycles. The van der Waals surface area contributed by atoms with Crippen molar-refractivity contribution in [3.63, 3.8) is 0 Å². The number of hydrogen-bond donors (Lipinski definition) is 0. The summed E-state index contributed by atoms with van der Waals surface area (Å²) in [6, 6.07) is 6.25. The molecule has 0 spiro atoms. The summed E-state index contributed by atoms with van der Waals surface area (Å²) in [4.78, 5) is 0. The minimum Gasteiger partial charge on any atom is -0.204 e. The zero-order chi connectivity index (χ0) is 12.6. The zero-order valence-corrected chi connectivity index (χ0v) is 9.79. The lowest BCUT2D eigenvalue weighted by Crippen LogP contribution is -1.92. The lowest BCUT2D eigenvalue weighted by Gasteiger charge is -2.06. The lowest BCUT2D eigenvalue weighted by atomic mass is 10.1. The second-order valence-corrected chi connectivity index (χ2v) is 4.22. The van der Waals surface area contributed by atoms with Crippen LogP contribution in [0.25, 0.3) is 11.1 Å². The van der Waals surface area contributed by atoms with Crippen LogP contribution in [0.3, 0.4) is 0 Å². The quantitative estimate of drug-likeness (QED) is 0.638. The molecule has 0 aliphatic heterocycles. The van der Waals surface area contributed by atoms with Gasteiger partial charge in [-0.05, 0) is 29.8 Å². The zero-order valence-electron chi connectivity index (χ0n) is 8.28. The highest BCUT2D eigenvalue weighted by Gasteiger charge is 2.13. The van der Waals surface area contributed by atoms with Crippen LogP contribution >= 0.6 is 23.2 Å². The highest BCUT2D eigenvalue weighted by molar-refractivity contribution is 6.36. The van der Waals surface area contributed by atoms with Gasteiger partial charge in [0, 0.05) is 15.6 Å². The van der Waals surface area contributed by atoms with Crippen molar-refractivity contribution in [3.05, 3.63) is 57.8 Å². The molecule has 0 aliphatic rings. The fraction of sp³-hybridized carbons (Fsp3) is 0. The van der Waals surface area contributed by atoms with Crippen LogP contribution in [0.1, 0.15) is 0 Å². The van der Waals surface area contributed by atoms with E-state index in [0.29, 0.717) is 10.6 Å². The van der Waals surface area contributed by atoms with Crippen LogP contribution in [0, 0.1) is 17.5 Å². The number of rotatable bonds is 1. The maximum atomic E-state index is 13.1. The van der Waals surface area contributed by atoms with Crippen molar-refractivity contribution in [2.75, 3.05) is 0 Å². The van der Waals surface area contributed by atoms with Crippen molar-refractivity contribution in [2.45, 2.75) is 0 Å². The summed E-state index contributed by atoms with van der Waals surface area (Å²) in [6.07, 6.45) is 0. The van der Waals surface area contributed by atoms with Gasteiger partial charge in [-0.1, -0.05) is 29.3 Å². The van der Waals surface area contributed by atoms with Crippen molar-refractivity contribution < 1.29 is 13.2 Å². The molecule has 88 valence electrons. The Morgan fingerprint density at radius 3 is 1.94 bits per heavy atom. The summed E-state index contributed by atoms with van der Waals surface area (Å²) in [5.41, 5.74) is 0.539. The summed E-state index contributed by atoms with van der Waals surface area (Å²) < 4.78 is 38.9. The molecule has 17 heavy (non-hydrogen) atoms. The maximum absolute atomic E-state index is 13.1. The first-order valence-corrected chi connectivity index (χ1v) is 5.34. The molecule has 5 heteroatoms. The second kappa shape index (κ2) is 4.59. The molecule has 0 amide bonds. The maximum Gasteiger partial charge on any atom is 0.194 e. The van der Waals surface area contributed by atoms with Gasteiger partial charge in [-0.3, -0.25) is 0 Å². The number of halogens is 5. The Labute approximate surface area is 106 Å². The normalized spacial score (nSPS) is 10.6. The van der Waals surface area contributed by atoms with Gasteiger partial charge >= 0.3 is 0 Å². The standard InChI is InChI=1S/C12H5Cl2F3/c13-7-1-2-8(9(14)5-7)6-3-10(15)12(17)11(16)4-6/h1-5H. The van der Waals surface area contributed by atoms with Gasteiger partial charge in [0.25, 0.3) is 0 Å². The van der Waals surface area contributed by atoms with Crippen LogP contribution < -0.4 is 0 Å². The third-order valence-electron chi connectivity index (χ3n) is 2.23. The largest absolute Gasteiger partial charge is 0.204 e. The predicted molar refractivity (Wildman–Crippen MR) is 61.8 cm³/mol. The molecular weight excluding hydrogens is 272 g/mol. The van der Waals surface area contributed by atoms with Crippen LogP contribution in [-0.4, -0.2) is 0 Å². The fourth-order valence-corrected chi connectivity index (χ4v) is 1.95. The van der Waals surface area contributed by atoms with Crippen LogP contribution in [0.5, 0.6) is 0 Å². The summed E-state index contributed by atoms with van der Waals surface area (Å²) >= 11 is 11.6. The SMILES string of the molecule is Fc1cc(-c2ccc(Cl)cc2Cl)cc(F)c1F. The Hall–Kier alpha value is -1.19. The minimum atomic E-state index is -1.50. The summed E-state index contributed by atoms with van der Waals surface area (Å²) in [7, 11) is 0. The highest BCUT2D eigenvalue weighted by atomic mass is 35.5. The molecule has 0 atom stereocenters. The summed E-state index contributed by atoms with van der Waals surface area (Å²) in [6.45, 7) is 0. The molecule has 0 aliphatic carbocycles. The van der Waals surface area contributed by atoms with E-state index >= 15 is 0 Å². The number of benzene rings is 2. The average Bonchev–Trinajstić information content (AvgIpc) is 2.25. The van der Waals surface area contributed by atoms with Gasteiger partial charge in [-0.25, -0.2) is 13.2 Å². The van der Waals surface area contributed by atoms with Crippen LogP contribution in [-0.2, 0) is 0 Å². The van der Waals surface area contributed by atoms with Gasteiger partial charge in [-0.15, -0.1) is 0 Å². The van der Waals surface area contributed by atoms with E-state index in [1.807, 2.05) is 0 Å². The molecule has 0 saturated carbocycles. The van der Waals surface area contributed by atoms with Gasteiger partial charge < -0.3 is 0 Å². The van der Waals surface area contributed by atoms with E-state index in [9.17, 15) is 13.2 Å². The molecular formula is C12H5Cl2F3. The second-order valence-electron chi connectivity index (χ2n) is 3.38. The Bertz CT molecular complexity index is 559. The third-order valence-corrected chi connectivity index (χ3v) is 2.77. The molecule has 0 saturated heterocycles. The Morgan fingerprint density at radius 1 is 0.824 bits per heavy atom. The molecule has 0 nitrogen and oxygen atoms in total. The predicted octanol–water partition coefficient (Wildman–Crippen LogP) is 5.08. The Morgan fingerprint density at radius 2 is 1.41 bits per heavy atom. The van der Waals surface area contributed by atoms with Gasteiger partial charge in [-0.2, -0.15) is 0 Å². The smallest absolute Gasteiger partial charge is 0.194 e. The van der Waals surface area contributed by atoms with E-state index in [-0.39, 0.29) is 10.6 Å². The molecule has 0 N–H and O–H groups in total.